The molecule has 0 fully saturated rings. The van der Waals surface area contributed by atoms with Crippen LogP contribution in [-0.2, 0) is 14.3 Å². The number of hydrogen-bond acceptors (Lipinski definition) is 6. The fourth-order valence-corrected chi connectivity index (χ4v) is 1.79. The lowest BCUT2D eigenvalue weighted by molar-refractivity contribution is -0.129. The molecule has 1 aromatic carbocycles. The molecule has 7 heteroatoms. The normalized spacial score (nSPS) is 11.9. The third-order valence-electron chi connectivity index (χ3n) is 2.96. The fourth-order valence-electron chi connectivity index (χ4n) is 1.79. The molecule has 0 aliphatic carbocycles. The Balaban J connectivity index is 1.99. The Morgan fingerprint density at radius 2 is 1.95 bits per heavy atom. The van der Waals surface area contributed by atoms with Crippen molar-refractivity contribution < 1.29 is 19.1 Å². The maximum Gasteiger partial charge on any atom is 0.338 e. The summed E-state index contributed by atoms with van der Waals surface area (Å²) in [7, 11) is 1.54. The van der Waals surface area contributed by atoms with Gasteiger partial charge in [-0.25, -0.2) is 4.79 Å². The summed E-state index contributed by atoms with van der Waals surface area (Å²) in [4.78, 5) is 32.0. The van der Waals surface area contributed by atoms with Gasteiger partial charge in [-0.3, -0.25) is 14.8 Å². The van der Waals surface area contributed by atoms with E-state index in [0.717, 1.165) is 0 Å². The van der Waals surface area contributed by atoms with Crippen molar-refractivity contribution in [3.8, 4) is 0 Å². The molecule has 0 saturated heterocycles. The predicted molar refractivity (Wildman–Crippen MR) is 79.3 cm³/mol. The van der Waals surface area contributed by atoms with Gasteiger partial charge in [0.25, 0.3) is 5.91 Å². The van der Waals surface area contributed by atoms with Gasteiger partial charge >= 0.3 is 5.97 Å². The van der Waals surface area contributed by atoms with Gasteiger partial charge in [0.2, 0.25) is 0 Å². The molecular weight excluding hydrogens is 286 g/mol. The van der Waals surface area contributed by atoms with Crippen LogP contribution in [0, 0.1) is 0 Å². The Morgan fingerprint density at radius 1 is 1.23 bits per heavy atom. The van der Waals surface area contributed by atoms with E-state index in [-0.39, 0.29) is 5.91 Å². The van der Waals surface area contributed by atoms with Crippen molar-refractivity contribution >= 4 is 22.9 Å². The molecule has 2 aromatic rings. The van der Waals surface area contributed by atoms with Crippen LogP contribution in [0.1, 0.15) is 17.3 Å². The summed E-state index contributed by atoms with van der Waals surface area (Å²) >= 11 is 0. The van der Waals surface area contributed by atoms with Crippen molar-refractivity contribution in [1.29, 1.82) is 0 Å². The average molecular weight is 303 g/mol. The summed E-state index contributed by atoms with van der Waals surface area (Å²) in [6.45, 7) is 2.28. The van der Waals surface area contributed by atoms with E-state index >= 15 is 0 Å². The van der Waals surface area contributed by atoms with Crippen molar-refractivity contribution in [2.45, 2.75) is 13.0 Å². The minimum Gasteiger partial charge on any atom is -0.449 e. The molecule has 0 aliphatic rings. The molecule has 0 unspecified atom stereocenters. The highest BCUT2D eigenvalue weighted by atomic mass is 16.5. The average Bonchev–Trinajstić information content (AvgIpc) is 2.54. The number of nitrogens with zero attached hydrogens (tertiary/aromatic N) is 2. The maximum atomic E-state index is 12.1. The monoisotopic (exact) mass is 303 g/mol. The van der Waals surface area contributed by atoms with Crippen molar-refractivity contribution in [3.05, 3.63) is 36.2 Å². The molecule has 1 amide bonds. The Labute approximate surface area is 127 Å². The lowest BCUT2D eigenvalue weighted by Gasteiger charge is -2.13. The number of nitrogens with one attached hydrogen (secondary N) is 1. The van der Waals surface area contributed by atoms with E-state index in [4.69, 9.17) is 9.47 Å². The summed E-state index contributed by atoms with van der Waals surface area (Å²) in [6.07, 6.45) is 2.23. The zero-order chi connectivity index (χ0) is 15.9. The number of ether oxygens (including phenoxy) is 2. The van der Waals surface area contributed by atoms with Crippen LogP contribution in [0.15, 0.2) is 30.6 Å². The van der Waals surface area contributed by atoms with Crippen LogP contribution in [-0.4, -0.2) is 48.2 Å². The standard InChI is InChI=1S/C15H17N3O4/c1-10(14(19)18-7-8-21-2)22-15(20)11-3-4-12-13(9-11)17-6-5-16-12/h3-6,9-10H,7-8H2,1-2H3,(H,18,19)/t10-/m0/s1. The number of rotatable bonds is 6. The van der Waals surface area contributed by atoms with E-state index in [9.17, 15) is 9.59 Å². The molecule has 0 bridgehead atoms. The van der Waals surface area contributed by atoms with Crippen LogP contribution in [0.2, 0.25) is 0 Å². The number of fused-ring (bicyclic) bond motifs is 1. The predicted octanol–water partition coefficient (Wildman–Crippen LogP) is 0.938. The number of carbonyl (C=O) groups is 2. The summed E-state index contributed by atoms with van der Waals surface area (Å²) in [6, 6.07) is 4.86. The molecule has 22 heavy (non-hydrogen) atoms. The molecule has 0 saturated carbocycles. The first kappa shape index (κ1) is 15.8. The van der Waals surface area contributed by atoms with Crippen LogP contribution < -0.4 is 5.32 Å². The second-order valence-electron chi connectivity index (χ2n) is 4.59. The lowest BCUT2D eigenvalue weighted by Crippen LogP contribution is -2.37. The second-order valence-corrected chi connectivity index (χ2v) is 4.59. The van der Waals surface area contributed by atoms with Crippen LogP contribution in [0.3, 0.4) is 0 Å². The van der Waals surface area contributed by atoms with Gasteiger partial charge in [-0.05, 0) is 25.1 Å². The Bertz CT molecular complexity index is 675. The number of amides is 1. The molecule has 0 radical (unpaired) electrons. The minimum atomic E-state index is -0.887. The highest BCUT2D eigenvalue weighted by Crippen LogP contribution is 2.12. The van der Waals surface area contributed by atoms with Crippen molar-refractivity contribution in [2.24, 2.45) is 0 Å². The molecular formula is C15H17N3O4. The van der Waals surface area contributed by atoms with Gasteiger partial charge in [0.15, 0.2) is 6.10 Å². The number of hydrogen-bond donors (Lipinski definition) is 1. The zero-order valence-electron chi connectivity index (χ0n) is 12.4. The van der Waals surface area contributed by atoms with Gasteiger partial charge in [-0.2, -0.15) is 0 Å². The van der Waals surface area contributed by atoms with E-state index in [0.29, 0.717) is 29.7 Å². The SMILES string of the molecule is COCCNC(=O)[C@H](C)OC(=O)c1ccc2nccnc2c1. The summed E-state index contributed by atoms with van der Waals surface area (Å²) in [5.74, 6) is -0.951. The molecule has 1 heterocycles. The first-order valence-electron chi connectivity index (χ1n) is 6.80. The molecule has 2 rings (SSSR count). The number of carbonyl (C=O) groups excluding carboxylic acids is 2. The minimum absolute atomic E-state index is 0.324. The Morgan fingerprint density at radius 3 is 2.68 bits per heavy atom. The number of aromatic nitrogens is 2. The first-order chi connectivity index (χ1) is 10.6. The zero-order valence-corrected chi connectivity index (χ0v) is 12.4. The van der Waals surface area contributed by atoms with Crippen LogP contribution in [0.4, 0.5) is 0 Å². The highest BCUT2D eigenvalue weighted by Gasteiger charge is 2.18. The lowest BCUT2D eigenvalue weighted by atomic mass is 10.2. The van der Waals surface area contributed by atoms with Gasteiger partial charge in [0, 0.05) is 26.0 Å². The van der Waals surface area contributed by atoms with Crippen LogP contribution >= 0.6 is 0 Å². The van der Waals surface area contributed by atoms with Crippen LogP contribution in [0.5, 0.6) is 0 Å². The summed E-state index contributed by atoms with van der Waals surface area (Å²) in [5, 5.41) is 2.61. The Kier molecular flexibility index (Phi) is 5.37. The van der Waals surface area contributed by atoms with Gasteiger partial charge in [0.1, 0.15) is 0 Å². The molecule has 1 N–H and O–H groups in total. The van der Waals surface area contributed by atoms with Crippen molar-refractivity contribution in [1.82, 2.24) is 15.3 Å². The molecule has 116 valence electrons. The fraction of sp³-hybridized carbons (Fsp3) is 0.333. The quantitative estimate of drug-likeness (QED) is 0.631. The van der Waals surface area contributed by atoms with Crippen molar-refractivity contribution in [2.75, 3.05) is 20.3 Å². The molecule has 1 aromatic heterocycles. The van der Waals surface area contributed by atoms with Crippen molar-refractivity contribution in [3.63, 3.8) is 0 Å². The van der Waals surface area contributed by atoms with E-state index in [1.807, 2.05) is 0 Å². The largest absolute Gasteiger partial charge is 0.449 e. The third kappa shape index (κ3) is 3.98. The molecule has 1 atom stereocenters. The van der Waals surface area contributed by atoms with Gasteiger partial charge in [-0.15, -0.1) is 0 Å². The Hall–Kier alpha value is -2.54. The smallest absolute Gasteiger partial charge is 0.338 e. The molecule has 0 spiro atoms. The van der Waals surface area contributed by atoms with Gasteiger partial charge in [-0.1, -0.05) is 0 Å². The number of benzene rings is 1. The van der Waals surface area contributed by atoms with E-state index in [2.05, 4.69) is 15.3 Å². The van der Waals surface area contributed by atoms with E-state index < -0.39 is 12.1 Å². The highest BCUT2D eigenvalue weighted by molar-refractivity contribution is 5.95. The van der Waals surface area contributed by atoms with E-state index in [1.165, 1.54) is 14.0 Å². The maximum absolute atomic E-state index is 12.1. The second kappa shape index (κ2) is 7.46. The molecule has 0 aliphatic heterocycles. The van der Waals surface area contributed by atoms with Gasteiger partial charge < -0.3 is 14.8 Å². The summed E-state index contributed by atoms with van der Waals surface area (Å²) in [5.41, 5.74) is 1.60. The van der Waals surface area contributed by atoms with Gasteiger partial charge in [0.05, 0.1) is 23.2 Å². The number of methoxy groups -OCH3 is 1. The third-order valence-corrected chi connectivity index (χ3v) is 2.96. The summed E-state index contributed by atoms with van der Waals surface area (Å²) < 4.78 is 9.97. The van der Waals surface area contributed by atoms with Crippen LogP contribution in [0.25, 0.3) is 11.0 Å². The first-order valence-corrected chi connectivity index (χ1v) is 6.80. The topological polar surface area (TPSA) is 90.4 Å². The number of esters is 1. The molecule has 7 nitrogen and oxygen atoms in total. The van der Waals surface area contributed by atoms with E-state index in [1.54, 1.807) is 30.6 Å².